The Hall–Kier alpha value is -2.50. The van der Waals surface area contributed by atoms with E-state index in [0.717, 1.165) is 5.56 Å². The van der Waals surface area contributed by atoms with E-state index in [2.05, 4.69) is 10.6 Å². The molecule has 0 saturated heterocycles. The predicted octanol–water partition coefficient (Wildman–Crippen LogP) is 2.72. The fourth-order valence-electron chi connectivity index (χ4n) is 1.47. The number of anilines is 1. The van der Waals surface area contributed by atoms with Crippen LogP contribution in [0.25, 0.3) is 6.08 Å². The lowest BCUT2D eigenvalue weighted by molar-refractivity contribution is 0.0534. The van der Waals surface area contributed by atoms with E-state index in [0.29, 0.717) is 12.2 Å². The van der Waals surface area contributed by atoms with Crippen LogP contribution in [-0.4, -0.2) is 24.3 Å². The Labute approximate surface area is 124 Å². The smallest absolute Gasteiger partial charge is 0.407 e. The van der Waals surface area contributed by atoms with Gasteiger partial charge in [0, 0.05) is 12.2 Å². The van der Waals surface area contributed by atoms with Crippen molar-refractivity contribution in [1.82, 2.24) is 5.32 Å². The van der Waals surface area contributed by atoms with Crippen molar-refractivity contribution in [2.75, 3.05) is 11.9 Å². The Bertz CT molecular complexity index is 516. The first kappa shape index (κ1) is 16.6. The van der Waals surface area contributed by atoms with Crippen molar-refractivity contribution in [2.24, 2.45) is 5.73 Å². The third kappa shape index (κ3) is 7.61. The summed E-state index contributed by atoms with van der Waals surface area (Å²) in [5.41, 5.74) is 6.09. The van der Waals surface area contributed by atoms with Crippen molar-refractivity contribution < 1.29 is 14.3 Å². The first-order valence-corrected chi connectivity index (χ1v) is 6.56. The fourth-order valence-corrected chi connectivity index (χ4v) is 1.47. The summed E-state index contributed by atoms with van der Waals surface area (Å²) in [5.74, 6) is 0. The summed E-state index contributed by atoms with van der Waals surface area (Å²) in [4.78, 5) is 22.1. The number of benzene rings is 1. The average Bonchev–Trinajstić information content (AvgIpc) is 2.34. The second-order valence-corrected chi connectivity index (χ2v) is 5.40. The third-order valence-corrected chi connectivity index (χ3v) is 2.25. The summed E-state index contributed by atoms with van der Waals surface area (Å²) < 4.78 is 5.11. The van der Waals surface area contributed by atoms with Gasteiger partial charge in [-0.05, 0) is 38.5 Å². The number of rotatable bonds is 4. The van der Waals surface area contributed by atoms with Crippen molar-refractivity contribution in [1.29, 1.82) is 0 Å². The number of hydrogen-bond donors (Lipinski definition) is 3. The second-order valence-electron chi connectivity index (χ2n) is 5.40. The van der Waals surface area contributed by atoms with Gasteiger partial charge in [-0.3, -0.25) is 0 Å². The minimum atomic E-state index is -0.597. The number of nitrogens with two attached hydrogens (primary N) is 1. The number of hydrogen-bond acceptors (Lipinski definition) is 3. The standard InChI is InChI=1S/C15H21N3O3/c1-15(2,3)21-14(20)17-10-4-5-11-6-8-12(9-7-11)18-13(16)19/h4-9H,10H2,1-3H3,(H,17,20)(H3,16,18,19). The minimum absolute atomic E-state index is 0.371. The molecule has 3 amide bonds. The van der Waals surface area contributed by atoms with E-state index in [1.54, 1.807) is 18.2 Å². The minimum Gasteiger partial charge on any atom is -0.444 e. The van der Waals surface area contributed by atoms with Crippen molar-refractivity contribution in [3.63, 3.8) is 0 Å². The molecule has 1 aromatic rings. The van der Waals surface area contributed by atoms with E-state index in [1.807, 2.05) is 39.0 Å². The highest BCUT2D eigenvalue weighted by molar-refractivity contribution is 5.87. The van der Waals surface area contributed by atoms with E-state index in [9.17, 15) is 9.59 Å². The van der Waals surface area contributed by atoms with Gasteiger partial charge < -0.3 is 21.1 Å². The molecule has 0 unspecified atom stereocenters. The maximum Gasteiger partial charge on any atom is 0.407 e. The van der Waals surface area contributed by atoms with Crippen LogP contribution in [0.1, 0.15) is 26.3 Å². The fraction of sp³-hybridized carbons (Fsp3) is 0.333. The number of alkyl carbamates (subject to hydrolysis) is 1. The summed E-state index contributed by atoms with van der Waals surface area (Å²) >= 11 is 0. The lowest BCUT2D eigenvalue weighted by Gasteiger charge is -2.19. The van der Waals surface area contributed by atoms with Crippen molar-refractivity contribution in [2.45, 2.75) is 26.4 Å². The lowest BCUT2D eigenvalue weighted by atomic mass is 10.2. The summed E-state index contributed by atoms with van der Waals surface area (Å²) in [5, 5.41) is 5.10. The molecule has 0 aromatic heterocycles. The van der Waals surface area contributed by atoms with Gasteiger partial charge >= 0.3 is 12.1 Å². The van der Waals surface area contributed by atoms with Crippen LogP contribution in [0.2, 0.25) is 0 Å². The number of carbonyl (C=O) groups excluding carboxylic acids is 2. The Balaban J connectivity index is 2.40. The van der Waals surface area contributed by atoms with Crippen LogP contribution < -0.4 is 16.4 Å². The molecule has 0 aliphatic carbocycles. The summed E-state index contributed by atoms with van der Waals surface area (Å²) in [7, 11) is 0. The molecule has 4 N–H and O–H groups in total. The van der Waals surface area contributed by atoms with Crippen LogP contribution in [0.5, 0.6) is 0 Å². The first-order chi connectivity index (χ1) is 9.76. The molecule has 21 heavy (non-hydrogen) atoms. The topological polar surface area (TPSA) is 93.4 Å². The van der Waals surface area contributed by atoms with Crippen molar-refractivity contribution >= 4 is 23.9 Å². The molecule has 0 radical (unpaired) electrons. The summed E-state index contributed by atoms with van der Waals surface area (Å²) in [6.07, 6.45) is 3.21. The van der Waals surface area contributed by atoms with Gasteiger partial charge in [-0.15, -0.1) is 0 Å². The molecule has 1 aromatic carbocycles. The number of primary amides is 1. The molecule has 0 bridgehead atoms. The van der Waals surface area contributed by atoms with Gasteiger partial charge in [-0.25, -0.2) is 9.59 Å². The summed E-state index contributed by atoms with van der Waals surface area (Å²) in [6, 6.07) is 6.54. The number of nitrogens with one attached hydrogen (secondary N) is 2. The Kier molecular flexibility index (Phi) is 5.78. The zero-order valence-electron chi connectivity index (χ0n) is 12.5. The van der Waals surface area contributed by atoms with Crippen LogP contribution in [-0.2, 0) is 4.74 Å². The predicted molar refractivity (Wildman–Crippen MR) is 82.9 cm³/mol. The quantitative estimate of drug-likeness (QED) is 0.796. The monoisotopic (exact) mass is 291 g/mol. The second kappa shape index (κ2) is 7.33. The number of amides is 3. The van der Waals surface area contributed by atoms with Crippen LogP contribution in [0.3, 0.4) is 0 Å². The van der Waals surface area contributed by atoms with Crippen LogP contribution in [0.4, 0.5) is 15.3 Å². The molecule has 0 saturated carbocycles. The van der Waals surface area contributed by atoms with Gasteiger partial charge in [0.05, 0.1) is 0 Å². The van der Waals surface area contributed by atoms with Crippen LogP contribution in [0, 0.1) is 0 Å². The zero-order valence-corrected chi connectivity index (χ0v) is 12.5. The number of ether oxygens (including phenoxy) is 1. The van der Waals surface area contributed by atoms with Gasteiger partial charge in [-0.1, -0.05) is 24.3 Å². The van der Waals surface area contributed by atoms with Gasteiger partial charge in [0.1, 0.15) is 5.60 Å². The average molecular weight is 291 g/mol. The number of carbonyl (C=O) groups is 2. The van der Waals surface area contributed by atoms with Crippen molar-refractivity contribution in [3.05, 3.63) is 35.9 Å². The van der Waals surface area contributed by atoms with Gasteiger partial charge in [0.2, 0.25) is 0 Å². The Morgan fingerprint density at radius 1 is 1.24 bits per heavy atom. The van der Waals surface area contributed by atoms with Crippen LogP contribution in [0.15, 0.2) is 30.3 Å². The molecule has 6 nitrogen and oxygen atoms in total. The Morgan fingerprint density at radius 2 is 1.86 bits per heavy atom. The van der Waals surface area contributed by atoms with E-state index in [1.165, 1.54) is 0 Å². The molecular weight excluding hydrogens is 270 g/mol. The maximum atomic E-state index is 11.4. The molecule has 0 heterocycles. The largest absolute Gasteiger partial charge is 0.444 e. The highest BCUT2D eigenvalue weighted by atomic mass is 16.6. The highest BCUT2D eigenvalue weighted by Crippen LogP contribution is 2.10. The molecule has 1 rings (SSSR count). The summed E-state index contributed by atoms with van der Waals surface area (Å²) in [6.45, 7) is 5.80. The molecular formula is C15H21N3O3. The molecule has 0 aliphatic heterocycles. The van der Waals surface area contributed by atoms with Crippen LogP contribution >= 0.6 is 0 Å². The molecule has 114 valence electrons. The maximum absolute atomic E-state index is 11.4. The van der Waals surface area contributed by atoms with Gasteiger partial charge in [0.15, 0.2) is 0 Å². The molecule has 0 fully saturated rings. The molecule has 0 spiro atoms. The molecule has 0 aliphatic rings. The molecule has 0 atom stereocenters. The molecule has 6 heteroatoms. The van der Waals surface area contributed by atoms with E-state index in [4.69, 9.17) is 10.5 Å². The SMILES string of the molecule is CC(C)(C)OC(=O)NCC=Cc1ccc(NC(N)=O)cc1. The first-order valence-electron chi connectivity index (χ1n) is 6.56. The normalized spacial score (nSPS) is 11.2. The third-order valence-electron chi connectivity index (χ3n) is 2.25. The van der Waals surface area contributed by atoms with Gasteiger partial charge in [-0.2, -0.15) is 0 Å². The lowest BCUT2D eigenvalue weighted by Crippen LogP contribution is -2.32. The van der Waals surface area contributed by atoms with E-state index in [-0.39, 0.29) is 0 Å². The van der Waals surface area contributed by atoms with E-state index < -0.39 is 17.7 Å². The highest BCUT2D eigenvalue weighted by Gasteiger charge is 2.14. The van der Waals surface area contributed by atoms with Gasteiger partial charge in [0.25, 0.3) is 0 Å². The zero-order chi connectivity index (χ0) is 15.9. The van der Waals surface area contributed by atoms with E-state index >= 15 is 0 Å². The number of urea groups is 1. The van der Waals surface area contributed by atoms with Crippen molar-refractivity contribution in [3.8, 4) is 0 Å². The Morgan fingerprint density at radius 3 is 2.38 bits per heavy atom.